The summed E-state index contributed by atoms with van der Waals surface area (Å²) in [6.45, 7) is 4.60. The molecule has 2 saturated heterocycles. The summed E-state index contributed by atoms with van der Waals surface area (Å²) in [7, 11) is 0. The molecule has 1 atom stereocenters. The van der Waals surface area contributed by atoms with Gasteiger partial charge in [0.1, 0.15) is 0 Å². The zero-order valence-corrected chi connectivity index (χ0v) is 10.1. The van der Waals surface area contributed by atoms with E-state index in [-0.39, 0.29) is 12.1 Å². The first kappa shape index (κ1) is 11.4. The van der Waals surface area contributed by atoms with Crippen LogP contribution in [0.3, 0.4) is 0 Å². The average Bonchev–Trinajstić information content (AvgIpc) is 3.06. The molecule has 2 rings (SSSR count). The Morgan fingerprint density at radius 2 is 1.73 bits per heavy atom. The molecule has 2 aliphatic rings. The normalized spacial score (nSPS) is 33.6. The number of hydrogen-bond acceptors (Lipinski definition) is 2. The second kappa shape index (κ2) is 4.84. The fourth-order valence-electron chi connectivity index (χ4n) is 2.39. The Morgan fingerprint density at radius 3 is 2.27 bits per heavy atom. The largest absolute Gasteiger partial charge is 0.310 e. The van der Waals surface area contributed by atoms with Gasteiger partial charge >= 0.3 is 0 Å². The highest BCUT2D eigenvalue weighted by molar-refractivity contribution is 5.02. The van der Waals surface area contributed by atoms with Gasteiger partial charge in [-0.1, -0.05) is 52.4 Å². The molecule has 0 aromatic heterocycles. The Morgan fingerprint density at radius 1 is 1.07 bits per heavy atom. The topological polar surface area (TPSA) is 25.1 Å². The number of ether oxygens (including phenoxy) is 2. The monoisotopic (exact) mass is 212 g/mol. The lowest BCUT2D eigenvalue weighted by molar-refractivity contribution is -0.0543. The molecular weight excluding hydrogens is 188 g/mol. The number of unbranched alkanes of at least 4 members (excludes halogenated alkanes) is 2. The summed E-state index contributed by atoms with van der Waals surface area (Å²) in [6, 6.07) is 0. The molecule has 0 N–H and O–H groups in total. The first-order valence-corrected chi connectivity index (χ1v) is 6.66. The summed E-state index contributed by atoms with van der Waals surface area (Å²) in [5.41, 5.74) is 0. The predicted octanol–water partition coefficient (Wildman–Crippen LogP) is 3.85. The lowest BCUT2D eigenvalue weighted by Gasteiger charge is -2.13. The van der Waals surface area contributed by atoms with Gasteiger partial charge in [-0.15, -0.1) is 0 Å². The van der Waals surface area contributed by atoms with Crippen molar-refractivity contribution in [2.24, 2.45) is 5.92 Å². The van der Waals surface area contributed by atoms with Crippen LogP contribution < -0.4 is 0 Å². The summed E-state index contributed by atoms with van der Waals surface area (Å²) in [5.74, 6) is 0.906. The van der Waals surface area contributed by atoms with Gasteiger partial charge in [-0.05, 0) is 12.3 Å². The number of rotatable bonds is 9. The molecule has 0 amide bonds. The molecule has 88 valence electrons. The molecule has 15 heavy (non-hydrogen) atoms. The van der Waals surface area contributed by atoms with Crippen LogP contribution in [-0.2, 0) is 9.47 Å². The van der Waals surface area contributed by atoms with Gasteiger partial charge in [0.05, 0.1) is 0 Å². The van der Waals surface area contributed by atoms with E-state index in [4.69, 9.17) is 9.47 Å². The van der Waals surface area contributed by atoms with Gasteiger partial charge in [0.2, 0.25) is 12.1 Å². The van der Waals surface area contributed by atoms with Gasteiger partial charge in [0.25, 0.3) is 0 Å². The summed E-state index contributed by atoms with van der Waals surface area (Å²) in [6.07, 6.45) is 10.9. The summed E-state index contributed by atoms with van der Waals surface area (Å²) >= 11 is 0. The molecular formula is C13H24O2. The molecule has 2 heteroatoms. The highest BCUT2D eigenvalue weighted by Crippen LogP contribution is 2.59. The Balaban J connectivity index is 1.47. The minimum atomic E-state index is -0.0505. The van der Waals surface area contributed by atoms with Gasteiger partial charge in [-0.3, -0.25) is 0 Å². The van der Waals surface area contributed by atoms with E-state index in [0.717, 1.165) is 12.3 Å². The summed E-state index contributed by atoms with van der Waals surface area (Å²) in [4.78, 5) is 0. The molecule has 1 unspecified atom stereocenters. The van der Waals surface area contributed by atoms with Crippen molar-refractivity contribution in [2.45, 2.75) is 77.3 Å². The maximum Gasteiger partial charge on any atom is 0.225 e. The van der Waals surface area contributed by atoms with Gasteiger partial charge in [0.15, 0.2) is 0 Å². The van der Waals surface area contributed by atoms with Crippen molar-refractivity contribution in [3.63, 3.8) is 0 Å². The Labute approximate surface area is 93.3 Å². The van der Waals surface area contributed by atoms with Gasteiger partial charge in [0, 0.05) is 6.42 Å². The van der Waals surface area contributed by atoms with Crippen LogP contribution in [0.5, 0.6) is 0 Å². The van der Waals surface area contributed by atoms with E-state index in [9.17, 15) is 0 Å². The first-order valence-electron chi connectivity index (χ1n) is 6.66. The second-order valence-electron chi connectivity index (χ2n) is 5.04. The van der Waals surface area contributed by atoms with Crippen LogP contribution in [0.2, 0.25) is 0 Å². The van der Waals surface area contributed by atoms with Crippen molar-refractivity contribution in [2.75, 3.05) is 0 Å². The maximum absolute atomic E-state index is 5.27. The number of fused-ring (bicyclic) bond motifs is 1. The molecule has 2 nitrogen and oxygen atoms in total. The average molecular weight is 212 g/mol. The number of hydrogen-bond donors (Lipinski definition) is 0. The Kier molecular flexibility index (Phi) is 3.68. The highest BCUT2D eigenvalue weighted by Gasteiger charge is 2.76. The third kappa shape index (κ3) is 2.94. The van der Waals surface area contributed by atoms with Gasteiger partial charge in [-0.2, -0.15) is 0 Å². The molecule has 0 aliphatic carbocycles. The van der Waals surface area contributed by atoms with Crippen molar-refractivity contribution in [3.05, 3.63) is 0 Å². The van der Waals surface area contributed by atoms with E-state index >= 15 is 0 Å². The second-order valence-corrected chi connectivity index (χ2v) is 5.04. The van der Waals surface area contributed by atoms with E-state index in [1.807, 2.05) is 0 Å². The van der Waals surface area contributed by atoms with Crippen molar-refractivity contribution in [1.82, 2.24) is 0 Å². The SMILES string of the molecule is CCCCC(CC)CCCCC12OC1O2. The third-order valence-electron chi connectivity index (χ3n) is 3.79. The van der Waals surface area contributed by atoms with Crippen LogP contribution in [-0.4, -0.2) is 12.1 Å². The molecule has 0 saturated carbocycles. The first-order chi connectivity index (χ1) is 7.30. The molecule has 0 radical (unpaired) electrons. The van der Waals surface area contributed by atoms with E-state index in [1.165, 1.54) is 44.9 Å². The maximum atomic E-state index is 5.27. The molecule has 0 aromatic carbocycles. The molecule has 2 fully saturated rings. The molecule has 2 heterocycles. The van der Waals surface area contributed by atoms with Gasteiger partial charge in [-0.25, -0.2) is 0 Å². The summed E-state index contributed by atoms with van der Waals surface area (Å²) in [5, 5.41) is 0. The molecule has 2 aliphatic heterocycles. The van der Waals surface area contributed by atoms with E-state index < -0.39 is 0 Å². The lowest BCUT2D eigenvalue weighted by Crippen LogP contribution is -2.01. The fraction of sp³-hybridized carbons (Fsp3) is 1.00. The predicted molar refractivity (Wildman–Crippen MR) is 60.5 cm³/mol. The van der Waals surface area contributed by atoms with Gasteiger partial charge < -0.3 is 9.47 Å². The highest BCUT2D eigenvalue weighted by atomic mass is 17.0. The smallest absolute Gasteiger partial charge is 0.225 e. The van der Waals surface area contributed by atoms with Crippen molar-refractivity contribution in [1.29, 1.82) is 0 Å². The van der Waals surface area contributed by atoms with Crippen LogP contribution in [0.15, 0.2) is 0 Å². The Bertz CT molecular complexity index is 197. The fourth-order valence-corrected chi connectivity index (χ4v) is 2.39. The van der Waals surface area contributed by atoms with Crippen LogP contribution in [0.1, 0.15) is 65.2 Å². The van der Waals surface area contributed by atoms with E-state index in [1.54, 1.807) is 0 Å². The van der Waals surface area contributed by atoms with Crippen molar-refractivity contribution in [3.8, 4) is 0 Å². The van der Waals surface area contributed by atoms with E-state index in [0.29, 0.717) is 0 Å². The van der Waals surface area contributed by atoms with E-state index in [2.05, 4.69) is 13.8 Å². The minimum absolute atomic E-state index is 0.0505. The molecule has 0 aromatic rings. The van der Waals surface area contributed by atoms with Crippen LogP contribution >= 0.6 is 0 Å². The lowest BCUT2D eigenvalue weighted by atomic mass is 9.93. The Hall–Kier alpha value is -0.0800. The third-order valence-corrected chi connectivity index (χ3v) is 3.79. The van der Waals surface area contributed by atoms with Crippen LogP contribution in [0.25, 0.3) is 0 Å². The molecule has 0 bridgehead atoms. The van der Waals surface area contributed by atoms with Crippen LogP contribution in [0.4, 0.5) is 0 Å². The zero-order chi connectivity index (χ0) is 10.7. The minimum Gasteiger partial charge on any atom is -0.310 e. The van der Waals surface area contributed by atoms with Crippen molar-refractivity contribution >= 4 is 0 Å². The zero-order valence-electron chi connectivity index (χ0n) is 10.1. The quantitative estimate of drug-likeness (QED) is 0.428. The van der Waals surface area contributed by atoms with Crippen LogP contribution in [0, 0.1) is 5.92 Å². The summed E-state index contributed by atoms with van der Waals surface area (Å²) < 4.78 is 10.5. The standard InChI is InChI=1S/C13H24O2/c1-3-5-8-11(4-2)9-6-7-10-13-12(14-13)15-13/h11-12H,3-10H2,1-2H3. The molecule has 0 spiro atoms. The number of epoxide rings is 2. The van der Waals surface area contributed by atoms with Crippen molar-refractivity contribution < 1.29 is 9.47 Å².